The van der Waals surface area contributed by atoms with Gasteiger partial charge in [0.1, 0.15) is 6.04 Å². The fourth-order valence-corrected chi connectivity index (χ4v) is 5.26. The first-order valence-electron chi connectivity index (χ1n) is 12.2. The lowest BCUT2D eigenvalue weighted by atomic mass is 9.84. The van der Waals surface area contributed by atoms with Crippen molar-refractivity contribution in [1.29, 1.82) is 0 Å². The molecule has 1 aromatic carbocycles. The second kappa shape index (κ2) is 10.4. The number of hydrogen-bond donors (Lipinski definition) is 3. The lowest BCUT2D eigenvalue weighted by Gasteiger charge is -2.39. The van der Waals surface area contributed by atoms with Crippen LogP contribution in [-0.4, -0.2) is 57.1 Å². The third-order valence-electron chi connectivity index (χ3n) is 6.33. The summed E-state index contributed by atoms with van der Waals surface area (Å²) < 4.78 is 0. The summed E-state index contributed by atoms with van der Waals surface area (Å²) in [6.45, 7) is 16.2. The van der Waals surface area contributed by atoms with Gasteiger partial charge in [-0.25, -0.2) is 4.98 Å². The van der Waals surface area contributed by atoms with Crippen molar-refractivity contribution in [2.24, 2.45) is 5.41 Å². The number of aliphatic hydroxyl groups is 1. The Balaban J connectivity index is 1.73. The molecule has 0 saturated carbocycles. The second-order valence-corrected chi connectivity index (χ2v) is 12.6. The summed E-state index contributed by atoms with van der Waals surface area (Å²) >= 11 is 1.61. The first-order chi connectivity index (χ1) is 16.2. The number of aliphatic hydroxyl groups excluding tert-OH is 1. The van der Waals surface area contributed by atoms with Gasteiger partial charge in [0.05, 0.1) is 34.3 Å². The van der Waals surface area contributed by atoms with Crippen LogP contribution in [0, 0.1) is 12.3 Å². The zero-order valence-electron chi connectivity index (χ0n) is 22.2. The highest BCUT2D eigenvalue weighted by molar-refractivity contribution is 7.13. The van der Waals surface area contributed by atoms with E-state index in [-0.39, 0.29) is 41.8 Å². The molecule has 7 nitrogen and oxygen atoms in total. The van der Waals surface area contributed by atoms with Gasteiger partial charge in [-0.3, -0.25) is 9.59 Å². The van der Waals surface area contributed by atoms with Gasteiger partial charge in [0.15, 0.2) is 0 Å². The summed E-state index contributed by atoms with van der Waals surface area (Å²) in [6.07, 6.45) is -0.484. The van der Waals surface area contributed by atoms with E-state index in [2.05, 4.69) is 15.6 Å². The smallest absolute Gasteiger partial charge is 0.243 e. The molecule has 0 radical (unpaired) electrons. The number of nitrogens with one attached hydrogen (secondary N) is 2. The number of rotatable bonds is 6. The molecular weight excluding hydrogens is 460 g/mol. The standard InChI is InChI=1S/C27H40N4O3S/c1-16(18-9-11-19(12-10-18)22-17(2)28-15-35-22)29-24(33)21-13-20(32)14-31(21)25(34)23(26(3,4)5)30-27(6,7)8/h9-12,15-16,20-21,23,30,32H,13-14H2,1-8H3,(H,29,33)/t16-,20+,21?,23+/m1/s1. The molecule has 35 heavy (non-hydrogen) atoms. The maximum atomic E-state index is 13.6. The summed E-state index contributed by atoms with van der Waals surface area (Å²) in [4.78, 5) is 33.9. The number of aryl methyl sites for hydroxylation is 1. The number of β-amino-alcohol motifs (C(OH)–C–C–N with tert-alkyl or cyclic N) is 1. The molecule has 1 aliphatic rings. The molecule has 1 aromatic heterocycles. The molecule has 1 saturated heterocycles. The minimum atomic E-state index is -0.720. The second-order valence-electron chi connectivity index (χ2n) is 11.7. The zero-order chi connectivity index (χ0) is 26.1. The average Bonchev–Trinajstić information content (AvgIpc) is 3.35. The van der Waals surface area contributed by atoms with Gasteiger partial charge < -0.3 is 20.6 Å². The van der Waals surface area contributed by atoms with Crippen LogP contribution in [0.15, 0.2) is 29.8 Å². The highest BCUT2D eigenvalue weighted by Gasteiger charge is 2.44. The van der Waals surface area contributed by atoms with Gasteiger partial charge in [-0.15, -0.1) is 11.3 Å². The van der Waals surface area contributed by atoms with Crippen molar-refractivity contribution in [1.82, 2.24) is 20.5 Å². The fraction of sp³-hybridized carbons (Fsp3) is 0.593. The number of likely N-dealkylation sites (tertiary alicyclic amines) is 1. The normalized spacial score (nSPS) is 20.5. The van der Waals surface area contributed by atoms with E-state index in [0.29, 0.717) is 0 Å². The molecule has 2 aromatic rings. The number of carbonyl (C=O) groups excluding carboxylic acids is 2. The van der Waals surface area contributed by atoms with Gasteiger partial charge in [0, 0.05) is 18.5 Å². The monoisotopic (exact) mass is 500 g/mol. The maximum absolute atomic E-state index is 13.6. The molecule has 8 heteroatoms. The Labute approximate surface area is 213 Å². The van der Waals surface area contributed by atoms with E-state index in [1.807, 2.05) is 85.2 Å². The molecule has 0 spiro atoms. The van der Waals surface area contributed by atoms with Crippen molar-refractivity contribution in [2.45, 2.75) is 91.6 Å². The molecule has 1 unspecified atom stereocenters. The van der Waals surface area contributed by atoms with Crippen LogP contribution in [0.3, 0.4) is 0 Å². The number of aromatic nitrogens is 1. The minimum Gasteiger partial charge on any atom is -0.391 e. The van der Waals surface area contributed by atoms with Crippen LogP contribution in [-0.2, 0) is 9.59 Å². The van der Waals surface area contributed by atoms with E-state index in [4.69, 9.17) is 0 Å². The molecule has 1 fully saturated rings. The molecule has 3 rings (SSSR count). The molecule has 1 aliphatic heterocycles. The Morgan fingerprint density at radius 1 is 1.14 bits per heavy atom. The van der Waals surface area contributed by atoms with E-state index in [0.717, 1.165) is 21.7 Å². The van der Waals surface area contributed by atoms with Crippen LogP contribution in [0.4, 0.5) is 0 Å². The first kappa shape index (κ1) is 27.3. The first-order valence-corrected chi connectivity index (χ1v) is 13.1. The SMILES string of the molecule is Cc1ncsc1-c1ccc([C@@H](C)NC(=O)C2C[C@H](O)CN2C(=O)[C@H](NC(C)(C)C)C(C)(C)C)cc1. The highest BCUT2D eigenvalue weighted by Crippen LogP contribution is 2.30. The lowest BCUT2D eigenvalue weighted by molar-refractivity contribution is -0.143. The molecule has 0 aliphatic carbocycles. The topological polar surface area (TPSA) is 94.6 Å². The predicted molar refractivity (Wildman–Crippen MR) is 141 cm³/mol. The van der Waals surface area contributed by atoms with Crippen molar-refractivity contribution >= 4 is 23.2 Å². The summed E-state index contributed by atoms with van der Waals surface area (Å²) in [6, 6.07) is 6.68. The van der Waals surface area contributed by atoms with Gasteiger partial charge in [-0.05, 0) is 51.2 Å². The lowest BCUT2D eigenvalue weighted by Crippen LogP contribution is -2.60. The Hall–Kier alpha value is -2.29. The van der Waals surface area contributed by atoms with Gasteiger partial charge in [0.25, 0.3) is 0 Å². The Kier molecular flexibility index (Phi) is 8.09. The van der Waals surface area contributed by atoms with Crippen molar-refractivity contribution < 1.29 is 14.7 Å². The number of amides is 2. The summed E-state index contributed by atoms with van der Waals surface area (Å²) in [5.41, 5.74) is 4.28. The van der Waals surface area contributed by atoms with Gasteiger partial charge >= 0.3 is 0 Å². The quantitative estimate of drug-likeness (QED) is 0.556. The van der Waals surface area contributed by atoms with E-state index in [9.17, 15) is 14.7 Å². The van der Waals surface area contributed by atoms with Crippen LogP contribution in [0.25, 0.3) is 10.4 Å². The molecule has 192 valence electrons. The van der Waals surface area contributed by atoms with E-state index >= 15 is 0 Å². The van der Waals surface area contributed by atoms with Crippen LogP contribution < -0.4 is 10.6 Å². The Morgan fingerprint density at radius 2 is 1.77 bits per heavy atom. The fourth-order valence-electron chi connectivity index (χ4n) is 4.45. The molecule has 3 N–H and O–H groups in total. The summed E-state index contributed by atoms with van der Waals surface area (Å²) in [5.74, 6) is -0.394. The molecule has 2 heterocycles. The Morgan fingerprint density at radius 3 is 2.29 bits per heavy atom. The largest absolute Gasteiger partial charge is 0.391 e. The van der Waals surface area contributed by atoms with Gasteiger partial charge in [0.2, 0.25) is 11.8 Å². The molecule has 4 atom stereocenters. The van der Waals surface area contributed by atoms with Crippen LogP contribution in [0.1, 0.15) is 72.2 Å². The minimum absolute atomic E-state index is 0.152. The van der Waals surface area contributed by atoms with Crippen molar-refractivity contribution in [2.75, 3.05) is 6.54 Å². The third kappa shape index (κ3) is 6.68. The molecule has 2 amide bonds. The van der Waals surface area contributed by atoms with Crippen molar-refractivity contribution in [3.8, 4) is 10.4 Å². The van der Waals surface area contributed by atoms with Crippen molar-refractivity contribution in [3.05, 3.63) is 41.0 Å². The van der Waals surface area contributed by atoms with Gasteiger partial charge in [-0.2, -0.15) is 0 Å². The third-order valence-corrected chi connectivity index (χ3v) is 7.31. The van der Waals surface area contributed by atoms with E-state index in [1.54, 1.807) is 16.2 Å². The molecule has 0 bridgehead atoms. The Bertz CT molecular complexity index is 1040. The van der Waals surface area contributed by atoms with Crippen molar-refractivity contribution in [3.63, 3.8) is 0 Å². The number of benzene rings is 1. The van der Waals surface area contributed by atoms with Gasteiger partial charge in [-0.1, -0.05) is 45.0 Å². The summed E-state index contributed by atoms with van der Waals surface area (Å²) in [5, 5.41) is 16.9. The van der Waals surface area contributed by atoms with E-state index < -0.39 is 18.2 Å². The number of carbonyl (C=O) groups is 2. The highest BCUT2D eigenvalue weighted by atomic mass is 32.1. The number of hydrogen-bond acceptors (Lipinski definition) is 6. The number of thiazole rings is 1. The molecular formula is C27H40N4O3S. The number of nitrogens with zero attached hydrogens (tertiary/aromatic N) is 2. The van der Waals surface area contributed by atoms with Crippen LogP contribution >= 0.6 is 11.3 Å². The van der Waals surface area contributed by atoms with Crippen LogP contribution in [0.5, 0.6) is 0 Å². The van der Waals surface area contributed by atoms with E-state index in [1.165, 1.54) is 0 Å². The van der Waals surface area contributed by atoms with Crippen LogP contribution in [0.2, 0.25) is 0 Å². The maximum Gasteiger partial charge on any atom is 0.243 e. The average molecular weight is 501 g/mol. The summed E-state index contributed by atoms with van der Waals surface area (Å²) in [7, 11) is 0. The predicted octanol–water partition coefficient (Wildman–Crippen LogP) is 4.06. The zero-order valence-corrected chi connectivity index (χ0v) is 23.0.